The van der Waals surface area contributed by atoms with Gasteiger partial charge in [-0.05, 0) is 12.1 Å². The Labute approximate surface area is 74.6 Å². The fourth-order valence-electron chi connectivity index (χ4n) is 1.25. The molecule has 0 fully saturated rings. The Morgan fingerprint density at radius 3 is 2.92 bits per heavy atom. The first-order valence-electron chi connectivity index (χ1n) is 3.75. The Morgan fingerprint density at radius 2 is 2.23 bits per heavy atom. The lowest BCUT2D eigenvalue weighted by Gasteiger charge is -1.93. The van der Waals surface area contributed by atoms with Crippen molar-refractivity contribution < 1.29 is 14.3 Å². The Bertz CT molecular complexity index is 468. The molecule has 2 rings (SSSR count). The van der Waals surface area contributed by atoms with Gasteiger partial charge in [0.2, 0.25) is 0 Å². The number of aromatic carboxylic acids is 1. The van der Waals surface area contributed by atoms with Crippen LogP contribution in [0, 0.1) is 6.92 Å². The zero-order valence-electron chi connectivity index (χ0n) is 6.78. The minimum Gasteiger partial charge on any atom is -0.478 e. The van der Waals surface area contributed by atoms with Gasteiger partial charge in [-0.3, -0.25) is 0 Å². The van der Waals surface area contributed by atoms with Gasteiger partial charge in [0.1, 0.15) is 5.76 Å². The van der Waals surface area contributed by atoms with E-state index in [4.69, 9.17) is 9.52 Å². The van der Waals surface area contributed by atoms with Gasteiger partial charge < -0.3 is 9.52 Å². The Kier molecular flexibility index (Phi) is 1.59. The Balaban J connectivity index is 2.70. The number of hydrogen-bond acceptors (Lipinski definition) is 2. The van der Waals surface area contributed by atoms with Gasteiger partial charge in [0.25, 0.3) is 0 Å². The summed E-state index contributed by atoms with van der Waals surface area (Å²) >= 11 is 0. The largest absolute Gasteiger partial charge is 0.478 e. The summed E-state index contributed by atoms with van der Waals surface area (Å²) in [5, 5.41) is 10.3. The minimum atomic E-state index is -0.936. The SMILES string of the molecule is [CH2]c1occ2cc(C(=O)O)ccc12. The van der Waals surface area contributed by atoms with Crippen molar-refractivity contribution in [2.45, 2.75) is 0 Å². The van der Waals surface area contributed by atoms with Gasteiger partial charge in [0, 0.05) is 17.7 Å². The number of carboxylic acid groups (broad SMARTS) is 1. The van der Waals surface area contributed by atoms with Crippen molar-refractivity contribution >= 4 is 16.7 Å². The van der Waals surface area contributed by atoms with Crippen LogP contribution < -0.4 is 0 Å². The molecule has 3 heteroatoms. The normalized spacial score (nSPS) is 10.5. The number of carboxylic acids is 1. The average Bonchev–Trinajstić information content (AvgIpc) is 2.47. The number of rotatable bonds is 1. The number of furan rings is 1. The summed E-state index contributed by atoms with van der Waals surface area (Å²) in [6.45, 7) is 3.67. The van der Waals surface area contributed by atoms with Gasteiger partial charge in [0.15, 0.2) is 0 Å². The fraction of sp³-hybridized carbons (Fsp3) is 0. The molecule has 1 N–H and O–H groups in total. The third-order valence-electron chi connectivity index (χ3n) is 1.93. The van der Waals surface area contributed by atoms with E-state index >= 15 is 0 Å². The summed E-state index contributed by atoms with van der Waals surface area (Å²) in [7, 11) is 0. The topological polar surface area (TPSA) is 50.4 Å². The lowest BCUT2D eigenvalue weighted by atomic mass is 10.1. The highest BCUT2D eigenvalue weighted by atomic mass is 16.4. The lowest BCUT2D eigenvalue weighted by molar-refractivity contribution is 0.0697. The van der Waals surface area contributed by atoms with Crippen LogP contribution in [0.3, 0.4) is 0 Å². The third-order valence-corrected chi connectivity index (χ3v) is 1.93. The number of fused-ring (bicyclic) bond motifs is 1. The summed E-state index contributed by atoms with van der Waals surface area (Å²) in [6, 6.07) is 4.80. The summed E-state index contributed by atoms with van der Waals surface area (Å²) < 4.78 is 5.05. The first-order valence-corrected chi connectivity index (χ1v) is 3.75. The van der Waals surface area contributed by atoms with Crippen molar-refractivity contribution in [2.24, 2.45) is 0 Å². The van der Waals surface area contributed by atoms with Crippen LogP contribution in [0.2, 0.25) is 0 Å². The van der Waals surface area contributed by atoms with Crippen molar-refractivity contribution in [3.8, 4) is 0 Å². The molecule has 2 aromatic rings. The molecule has 0 aliphatic rings. The molecular formula is C10H7O3. The van der Waals surface area contributed by atoms with E-state index in [0.717, 1.165) is 10.8 Å². The quantitative estimate of drug-likeness (QED) is 0.723. The molecule has 0 bridgehead atoms. The zero-order valence-corrected chi connectivity index (χ0v) is 6.78. The molecule has 65 valence electrons. The third kappa shape index (κ3) is 1.18. The van der Waals surface area contributed by atoms with Gasteiger partial charge in [-0.25, -0.2) is 4.79 Å². The van der Waals surface area contributed by atoms with Crippen LogP contribution in [0.25, 0.3) is 10.8 Å². The zero-order chi connectivity index (χ0) is 9.42. The van der Waals surface area contributed by atoms with Crippen LogP contribution in [0.5, 0.6) is 0 Å². The van der Waals surface area contributed by atoms with Crippen LogP contribution >= 0.6 is 0 Å². The first-order chi connectivity index (χ1) is 6.18. The second kappa shape index (κ2) is 2.62. The van der Waals surface area contributed by atoms with E-state index in [1.807, 2.05) is 0 Å². The molecule has 0 saturated carbocycles. The van der Waals surface area contributed by atoms with Gasteiger partial charge in [0.05, 0.1) is 11.8 Å². The smallest absolute Gasteiger partial charge is 0.335 e. The molecule has 0 aliphatic carbocycles. The first kappa shape index (κ1) is 7.86. The molecule has 0 atom stereocenters. The standard InChI is InChI=1S/C10H7O3/c1-6-9-3-2-7(10(11)12)4-8(9)5-13-6/h2-5H,1H2,(H,11,12). The predicted octanol–water partition coefficient (Wildman–Crippen LogP) is 2.31. The van der Waals surface area contributed by atoms with Crippen LogP contribution in [0.15, 0.2) is 28.9 Å². The summed E-state index contributed by atoms with van der Waals surface area (Å²) in [5.74, 6) is -0.374. The van der Waals surface area contributed by atoms with Gasteiger partial charge in [-0.1, -0.05) is 6.07 Å². The van der Waals surface area contributed by atoms with Crippen molar-refractivity contribution in [3.63, 3.8) is 0 Å². The molecule has 1 heterocycles. The predicted molar refractivity (Wildman–Crippen MR) is 47.6 cm³/mol. The van der Waals surface area contributed by atoms with Crippen molar-refractivity contribution in [3.05, 3.63) is 42.7 Å². The van der Waals surface area contributed by atoms with Crippen molar-refractivity contribution in [1.82, 2.24) is 0 Å². The summed E-state index contributed by atoms with van der Waals surface area (Å²) in [5.41, 5.74) is 0.258. The van der Waals surface area contributed by atoms with Gasteiger partial charge in [-0.2, -0.15) is 0 Å². The summed E-state index contributed by atoms with van der Waals surface area (Å²) in [6.07, 6.45) is 1.50. The highest BCUT2D eigenvalue weighted by Gasteiger charge is 2.06. The Morgan fingerprint density at radius 1 is 1.46 bits per heavy atom. The van der Waals surface area contributed by atoms with Gasteiger partial charge in [-0.15, -0.1) is 0 Å². The maximum absolute atomic E-state index is 10.6. The molecule has 13 heavy (non-hydrogen) atoms. The minimum absolute atomic E-state index is 0.258. The second-order valence-electron chi connectivity index (χ2n) is 2.77. The molecule has 3 nitrogen and oxygen atoms in total. The molecule has 0 saturated heterocycles. The summed E-state index contributed by atoms with van der Waals surface area (Å²) in [4.78, 5) is 10.6. The molecular weight excluding hydrogens is 168 g/mol. The van der Waals surface area contributed by atoms with E-state index in [9.17, 15) is 4.79 Å². The maximum Gasteiger partial charge on any atom is 0.335 e. The molecule has 1 aromatic heterocycles. The molecule has 0 unspecified atom stereocenters. The van der Waals surface area contributed by atoms with Gasteiger partial charge >= 0.3 is 5.97 Å². The lowest BCUT2D eigenvalue weighted by Crippen LogP contribution is -1.94. The van der Waals surface area contributed by atoms with E-state index in [1.54, 1.807) is 12.1 Å². The van der Waals surface area contributed by atoms with Crippen molar-refractivity contribution in [1.29, 1.82) is 0 Å². The van der Waals surface area contributed by atoms with Crippen LogP contribution in [-0.4, -0.2) is 11.1 Å². The fourth-order valence-corrected chi connectivity index (χ4v) is 1.25. The van der Waals surface area contributed by atoms with Crippen LogP contribution in [0.4, 0.5) is 0 Å². The van der Waals surface area contributed by atoms with E-state index in [1.165, 1.54) is 12.3 Å². The number of benzene rings is 1. The number of carbonyl (C=O) groups is 1. The average molecular weight is 175 g/mol. The molecule has 0 aliphatic heterocycles. The molecule has 0 amide bonds. The molecule has 1 aromatic carbocycles. The van der Waals surface area contributed by atoms with Crippen LogP contribution in [-0.2, 0) is 0 Å². The van der Waals surface area contributed by atoms with E-state index in [-0.39, 0.29) is 5.56 Å². The van der Waals surface area contributed by atoms with E-state index in [0.29, 0.717) is 5.76 Å². The molecule has 1 radical (unpaired) electrons. The van der Waals surface area contributed by atoms with E-state index < -0.39 is 5.97 Å². The number of hydrogen-bond donors (Lipinski definition) is 1. The maximum atomic E-state index is 10.6. The highest BCUT2D eigenvalue weighted by Crippen LogP contribution is 2.21. The van der Waals surface area contributed by atoms with E-state index in [2.05, 4.69) is 6.92 Å². The Hall–Kier alpha value is -1.77. The van der Waals surface area contributed by atoms with Crippen LogP contribution in [0.1, 0.15) is 16.1 Å². The highest BCUT2D eigenvalue weighted by molar-refractivity contribution is 5.95. The second-order valence-corrected chi connectivity index (χ2v) is 2.77. The monoisotopic (exact) mass is 175 g/mol. The molecule has 0 spiro atoms. The van der Waals surface area contributed by atoms with Crippen molar-refractivity contribution in [2.75, 3.05) is 0 Å².